The quantitative estimate of drug-likeness (QED) is 0.246. The van der Waals surface area contributed by atoms with Crippen LogP contribution in [0.15, 0.2) is 30.3 Å². The monoisotopic (exact) mass is 368 g/mol. The van der Waals surface area contributed by atoms with Gasteiger partial charge in [-0.3, -0.25) is 4.79 Å². The molecule has 0 aliphatic rings. The van der Waals surface area contributed by atoms with Crippen molar-refractivity contribution in [2.24, 2.45) is 0 Å². The van der Waals surface area contributed by atoms with Crippen LogP contribution in [0.1, 0.15) is 32.6 Å². The smallest absolute Gasteiger partial charge is 0.305 e. The van der Waals surface area contributed by atoms with E-state index in [1.54, 1.807) is 20.7 Å². The van der Waals surface area contributed by atoms with Crippen molar-refractivity contribution in [3.05, 3.63) is 34.2 Å². The van der Waals surface area contributed by atoms with Crippen LogP contribution in [0.25, 0.3) is 10.4 Å². The van der Waals surface area contributed by atoms with Crippen molar-refractivity contribution >= 4 is 38.9 Å². The van der Waals surface area contributed by atoms with Crippen molar-refractivity contribution in [2.45, 2.75) is 32.6 Å². The third kappa shape index (κ3) is 6.41. The van der Waals surface area contributed by atoms with Crippen molar-refractivity contribution in [1.29, 1.82) is 0 Å². The molecule has 2 rings (SSSR count). The van der Waals surface area contributed by atoms with E-state index in [4.69, 9.17) is 21.7 Å². The lowest BCUT2D eigenvalue weighted by atomic mass is 10.2. The van der Waals surface area contributed by atoms with Crippen molar-refractivity contribution in [3.8, 4) is 16.2 Å². The molecule has 1 aromatic heterocycles. The molecule has 0 saturated carbocycles. The highest BCUT2D eigenvalue weighted by atomic mass is 32.9. The van der Waals surface area contributed by atoms with E-state index in [1.165, 1.54) is 10.4 Å². The first-order chi connectivity index (χ1) is 11.2. The molecule has 0 amide bonds. The Morgan fingerprint density at radius 1 is 1.13 bits per heavy atom. The Morgan fingerprint density at radius 2 is 1.91 bits per heavy atom. The molecule has 1 aromatic carbocycles. The number of ether oxygens (including phenoxy) is 2. The maximum Gasteiger partial charge on any atom is 0.305 e. The van der Waals surface area contributed by atoms with Gasteiger partial charge in [-0.25, -0.2) is 0 Å². The molecule has 0 saturated heterocycles. The summed E-state index contributed by atoms with van der Waals surface area (Å²) < 4.78 is 11.5. The molecule has 0 aliphatic heterocycles. The summed E-state index contributed by atoms with van der Waals surface area (Å²) in [7, 11) is 3.32. The molecule has 0 unspecified atom stereocenters. The SMILES string of the molecule is CCOC(=O)CCCCCOc1ccc(-c2cc(=S)ss2)cc1. The lowest BCUT2D eigenvalue weighted by Gasteiger charge is -2.07. The highest BCUT2D eigenvalue weighted by Crippen LogP contribution is 2.30. The molecule has 0 aliphatic carbocycles. The average Bonchev–Trinajstić information content (AvgIpc) is 2.98. The summed E-state index contributed by atoms with van der Waals surface area (Å²) in [5.41, 5.74) is 1.17. The van der Waals surface area contributed by atoms with Crippen LogP contribution < -0.4 is 4.74 Å². The molecule has 0 spiro atoms. The van der Waals surface area contributed by atoms with Crippen LogP contribution in [0.2, 0.25) is 0 Å². The van der Waals surface area contributed by atoms with Gasteiger partial charge in [0.15, 0.2) is 0 Å². The van der Waals surface area contributed by atoms with Gasteiger partial charge in [0.05, 0.1) is 13.2 Å². The summed E-state index contributed by atoms with van der Waals surface area (Å²) >= 11 is 5.16. The second-order valence-electron chi connectivity index (χ2n) is 4.98. The fourth-order valence-corrected chi connectivity index (χ4v) is 4.46. The molecular weight excluding hydrogens is 348 g/mol. The van der Waals surface area contributed by atoms with Gasteiger partial charge >= 0.3 is 5.97 Å². The number of unbranched alkanes of at least 4 members (excludes halogenated alkanes) is 2. The van der Waals surface area contributed by atoms with Gasteiger partial charge in [-0.1, -0.05) is 32.9 Å². The summed E-state index contributed by atoms with van der Waals surface area (Å²) in [6.07, 6.45) is 3.25. The molecule has 124 valence electrons. The van der Waals surface area contributed by atoms with Gasteiger partial charge in [0.1, 0.15) is 9.57 Å². The Morgan fingerprint density at radius 3 is 2.57 bits per heavy atom. The molecule has 0 radical (unpaired) electrons. The number of esters is 1. The van der Waals surface area contributed by atoms with E-state index < -0.39 is 0 Å². The summed E-state index contributed by atoms with van der Waals surface area (Å²) in [6.45, 7) is 2.95. The second-order valence-corrected chi connectivity index (χ2v) is 7.89. The molecule has 2 aromatic rings. The van der Waals surface area contributed by atoms with Gasteiger partial charge < -0.3 is 9.47 Å². The Kier molecular flexibility index (Phi) is 7.71. The molecule has 23 heavy (non-hydrogen) atoms. The minimum atomic E-state index is -0.110. The molecule has 0 N–H and O–H groups in total. The fourth-order valence-electron chi connectivity index (χ4n) is 2.06. The second kappa shape index (κ2) is 9.80. The molecule has 0 atom stereocenters. The number of rotatable bonds is 9. The first-order valence-corrected chi connectivity index (χ1v) is 10.2. The number of hydrogen-bond acceptors (Lipinski definition) is 6. The number of carbonyl (C=O) groups excluding carboxylic acids is 1. The Hall–Kier alpha value is -1.24. The average molecular weight is 369 g/mol. The van der Waals surface area contributed by atoms with Crippen LogP contribution >= 0.6 is 32.9 Å². The zero-order chi connectivity index (χ0) is 16.5. The van der Waals surface area contributed by atoms with E-state index >= 15 is 0 Å². The fraction of sp³-hybridized carbons (Fsp3) is 0.412. The van der Waals surface area contributed by atoms with E-state index in [2.05, 4.69) is 12.1 Å². The van der Waals surface area contributed by atoms with Crippen LogP contribution in [0.4, 0.5) is 0 Å². The molecule has 1 heterocycles. The molecule has 0 bridgehead atoms. The number of carbonyl (C=O) groups is 1. The highest BCUT2D eigenvalue weighted by molar-refractivity contribution is 7.80. The van der Waals surface area contributed by atoms with Gasteiger partial charge in [-0.05, 0) is 62.1 Å². The van der Waals surface area contributed by atoms with Crippen LogP contribution in [0, 0.1) is 3.82 Å². The summed E-state index contributed by atoms with van der Waals surface area (Å²) in [4.78, 5) is 12.4. The zero-order valence-electron chi connectivity index (χ0n) is 13.1. The topological polar surface area (TPSA) is 35.5 Å². The molecule has 3 nitrogen and oxygen atoms in total. The highest BCUT2D eigenvalue weighted by Gasteiger charge is 2.02. The summed E-state index contributed by atoms with van der Waals surface area (Å²) in [5, 5.41) is 0. The van der Waals surface area contributed by atoms with Gasteiger partial charge in [0.2, 0.25) is 0 Å². The van der Waals surface area contributed by atoms with Gasteiger partial charge in [-0.15, -0.1) is 0 Å². The standard InChI is InChI=1S/C17H20O3S3/c1-2-19-16(18)6-4-3-5-11-20-14-9-7-13(8-10-14)15-12-17(21)23-22-15/h7-10,12H,2-6,11H2,1H3. The van der Waals surface area contributed by atoms with Crippen molar-refractivity contribution in [3.63, 3.8) is 0 Å². The Bertz CT molecular complexity index is 658. The molecular formula is C17H20O3S3. The van der Waals surface area contributed by atoms with Crippen LogP contribution in [0.5, 0.6) is 5.75 Å². The normalized spacial score (nSPS) is 10.5. The van der Waals surface area contributed by atoms with E-state index in [9.17, 15) is 4.79 Å². The minimum Gasteiger partial charge on any atom is -0.494 e. The lowest BCUT2D eigenvalue weighted by Crippen LogP contribution is -2.04. The molecule has 0 fully saturated rings. The van der Waals surface area contributed by atoms with Crippen molar-refractivity contribution in [1.82, 2.24) is 0 Å². The first-order valence-electron chi connectivity index (χ1n) is 7.68. The Balaban J connectivity index is 1.66. The third-order valence-electron chi connectivity index (χ3n) is 3.20. The third-order valence-corrected chi connectivity index (χ3v) is 6.11. The first kappa shape index (κ1) is 18.1. The summed E-state index contributed by atoms with van der Waals surface area (Å²) in [6, 6.07) is 10.1. The van der Waals surface area contributed by atoms with E-state index in [0.29, 0.717) is 19.6 Å². The maximum atomic E-state index is 11.2. The predicted octanol–water partition coefficient (Wildman–Crippen LogP) is 5.71. The largest absolute Gasteiger partial charge is 0.494 e. The van der Waals surface area contributed by atoms with Crippen molar-refractivity contribution in [2.75, 3.05) is 13.2 Å². The lowest BCUT2D eigenvalue weighted by molar-refractivity contribution is -0.143. The predicted molar refractivity (Wildman–Crippen MR) is 99.1 cm³/mol. The van der Waals surface area contributed by atoms with E-state index in [1.807, 2.05) is 25.1 Å². The summed E-state index contributed by atoms with van der Waals surface area (Å²) in [5.74, 6) is 0.763. The van der Waals surface area contributed by atoms with Crippen molar-refractivity contribution < 1.29 is 14.3 Å². The number of hydrogen-bond donors (Lipinski definition) is 0. The molecule has 6 heteroatoms. The van der Waals surface area contributed by atoms with Crippen LogP contribution in [0.3, 0.4) is 0 Å². The van der Waals surface area contributed by atoms with Gasteiger partial charge in [0.25, 0.3) is 0 Å². The Labute approximate surface area is 149 Å². The van der Waals surface area contributed by atoms with Gasteiger partial charge in [-0.2, -0.15) is 0 Å². The van der Waals surface area contributed by atoms with Gasteiger partial charge in [0, 0.05) is 11.3 Å². The zero-order valence-corrected chi connectivity index (χ0v) is 15.5. The van der Waals surface area contributed by atoms with Crippen LogP contribution in [-0.4, -0.2) is 19.2 Å². The minimum absolute atomic E-state index is 0.110. The van der Waals surface area contributed by atoms with Crippen LogP contribution in [-0.2, 0) is 9.53 Å². The van der Waals surface area contributed by atoms with E-state index in [0.717, 1.165) is 28.8 Å². The number of benzene rings is 1. The van der Waals surface area contributed by atoms with E-state index in [-0.39, 0.29) is 5.97 Å². The maximum absolute atomic E-state index is 11.2.